The van der Waals surface area contributed by atoms with Gasteiger partial charge in [-0.25, -0.2) is 0 Å². The Balaban J connectivity index is 2.34. The minimum absolute atomic E-state index is 0.442. The smallest absolute Gasteiger partial charge is 0.126 e. The minimum Gasteiger partial charge on any atom is -0.496 e. The predicted molar refractivity (Wildman–Crippen MR) is 90.2 cm³/mol. The lowest BCUT2D eigenvalue weighted by Crippen LogP contribution is -2.21. The van der Waals surface area contributed by atoms with Crippen LogP contribution in [0.3, 0.4) is 0 Å². The van der Waals surface area contributed by atoms with E-state index >= 15 is 0 Å². The molecule has 2 rings (SSSR count). The van der Waals surface area contributed by atoms with E-state index < -0.39 is 0 Å². The van der Waals surface area contributed by atoms with Gasteiger partial charge in [-0.05, 0) is 36.2 Å². The number of methoxy groups -OCH3 is 1. The zero-order valence-electron chi connectivity index (χ0n) is 13.0. The Morgan fingerprint density at radius 3 is 2.52 bits per heavy atom. The van der Waals surface area contributed by atoms with E-state index in [9.17, 15) is 0 Å². The summed E-state index contributed by atoms with van der Waals surface area (Å²) in [5, 5.41) is 4.17. The Labute approximate surface area is 132 Å². The maximum absolute atomic E-state index is 6.42. The van der Waals surface area contributed by atoms with Gasteiger partial charge in [0.1, 0.15) is 5.75 Å². The molecule has 0 amide bonds. The molecule has 0 saturated heterocycles. The zero-order valence-corrected chi connectivity index (χ0v) is 13.8. The first-order valence-electron chi connectivity index (χ1n) is 7.18. The van der Waals surface area contributed by atoms with Crippen molar-refractivity contribution >= 4 is 11.6 Å². The van der Waals surface area contributed by atoms with Crippen molar-refractivity contribution in [2.24, 2.45) is 0 Å². The molecule has 1 N–H and O–H groups in total. The summed E-state index contributed by atoms with van der Waals surface area (Å²) in [6, 6.07) is 12.8. The van der Waals surface area contributed by atoms with Crippen LogP contribution >= 0.6 is 11.6 Å². The lowest BCUT2D eigenvalue weighted by Gasteiger charge is -2.13. The Kier molecular flexibility index (Phi) is 5.27. The van der Waals surface area contributed by atoms with Crippen LogP contribution in [0.15, 0.2) is 36.4 Å². The molecule has 0 radical (unpaired) electrons. The van der Waals surface area contributed by atoms with Gasteiger partial charge in [0.25, 0.3) is 0 Å². The maximum atomic E-state index is 6.42. The number of nitrogens with one attached hydrogen (secondary N) is 1. The van der Waals surface area contributed by atoms with Crippen molar-refractivity contribution in [2.45, 2.75) is 33.4 Å². The lowest BCUT2D eigenvalue weighted by molar-refractivity contribution is 0.416. The fourth-order valence-electron chi connectivity index (χ4n) is 2.22. The topological polar surface area (TPSA) is 21.3 Å². The van der Waals surface area contributed by atoms with Gasteiger partial charge in [0.2, 0.25) is 0 Å². The number of ether oxygens (including phenoxy) is 1. The van der Waals surface area contributed by atoms with Crippen molar-refractivity contribution in [3.63, 3.8) is 0 Å². The molecule has 0 aliphatic rings. The van der Waals surface area contributed by atoms with Crippen molar-refractivity contribution in [3.05, 3.63) is 52.5 Å². The highest BCUT2D eigenvalue weighted by atomic mass is 35.5. The molecule has 112 valence electrons. The molecule has 0 heterocycles. The van der Waals surface area contributed by atoms with Crippen molar-refractivity contribution in [1.29, 1.82) is 0 Å². The van der Waals surface area contributed by atoms with E-state index in [-0.39, 0.29) is 0 Å². The Bertz CT molecular complexity index is 623. The highest BCUT2D eigenvalue weighted by Gasteiger charge is 2.09. The molecular formula is C18H22ClNO. The number of hydrogen-bond donors (Lipinski definition) is 1. The van der Waals surface area contributed by atoms with E-state index in [1.807, 2.05) is 18.2 Å². The van der Waals surface area contributed by atoms with Crippen LogP contribution in [0.25, 0.3) is 11.1 Å². The van der Waals surface area contributed by atoms with E-state index in [1.165, 1.54) is 5.56 Å². The Hall–Kier alpha value is -1.51. The van der Waals surface area contributed by atoms with Gasteiger partial charge in [0, 0.05) is 23.2 Å². The van der Waals surface area contributed by atoms with Crippen LogP contribution in [-0.4, -0.2) is 13.2 Å². The molecule has 0 aliphatic heterocycles. The molecule has 0 fully saturated rings. The molecule has 0 bridgehead atoms. The van der Waals surface area contributed by atoms with Gasteiger partial charge in [-0.3, -0.25) is 0 Å². The van der Waals surface area contributed by atoms with Crippen molar-refractivity contribution in [2.75, 3.05) is 7.11 Å². The first kappa shape index (κ1) is 15.9. The van der Waals surface area contributed by atoms with Crippen LogP contribution in [-0.2, 0) is 6.54 Å². The van der Waals surface area contributed by atoms with Crippen LogP contribution in [0.2, 0.25) is 5.02 Å². The molecule has 0 aromatic heterocycles. The monoisotopic (exact) mass is 303 g/mol. The Morgan fingerprint density at radius 1 is 1.14 bits per heavy atom. The second kappa shape index (κ2) is 6.97. The van der Waals surface area contributed by atoms with Gasteiger partial charge < -0.3 is 10.1 Å². The fourth-order valence-corrected chi connectivity index (χ4v) is 2.47. The molecule has 2 aromatic rings. The summed E-state index contributed by atoms with van der Waals surface area (Å²) in [5.74, 6) is 0.865. The molecule has 2 nitrogen and oxygen atoms in total. The van der Waals surface area contributed by atoms with Gasteiger partial charge in [-0.2, -0.15) is 0 Å². The molecular weight excluding hydrogens is 282 g/mol. The standard InChI is InChI=1S/C18H22ClNO/c1-12(2)20-11-15-7-6-14(10-17(15)19)16-9-13(3)5-8-18(16)21-4/h5-10,12,20H,11H2,1-4H3. The van der Waals surface area contributed by atoms with Gasteiger partial charge in [-0.1, -0.05) is 49.2 Å². The molecule has 0 spiro atoms. The van der Waals surface area contributed by atoms with Gasteiger partial charge in [0.05, 0.1) is 7.11 Å². The van der Waals surface area contributed by atoms with Crippen molar-refractivity contribution < 1.29 is 4.74 Å². The summed E-state index contributed by atoms with van der Waals surface area (Å²) in [6.07, 6.45) is 0. The SMILES string of the molecule is COc1ccc(C)cc1-c1ccc(CNC(C)C)c(Cl)c1. The third kappa shape index (κ3) is 3.99. The van der Waals surface area contributed by atoms with Gasteiger partial charge in [0.15, 0.2) is 0 Å². The molecule has 21 heavy (non-hydrogen) atoms. The number of benzene rings is 2. The second-order valence-corrected chi connectivity index (χ2v) is 5.95. The van der Waals surface area contributed by atoms with Crippen LogP contribution in [0.1, 0.15) is 25.0 Å². The largest absolute Gasteiger partial charge is 0.496 e. The van der Waals surface area contributed by atoms with E-state index in [0.29, 0.717) is 6.04 Å². The summed E-state index contributed by atoms with van der Waals surface area (Å²) in [7, 11) is 1.69. The molecule has 0 unspecified atom stereocenters. The normalized spacial score (nSPS) is 11.0. The second-order valence-electron chi connectivity index (χ2n) is 5.55. The summed E-state index contributed by atoms with van der Waals surface area (Å²) in [6.45, 7) is 7.10. The average molecular weight is 304 g/mol. The van der Waals surface area contributed by atoms with Gasteiger partial charge >= 0.3 is 0 Å². The first-order valence-corrected chi connectivity index (χ1v) is 7.56. The lowest BCUT2D eigenvalue weighted by atomic mass is 10.0. The van der Waals surface area contributed by atoms with E-state index in [0.717, 1.165) is 34.0 Å². The van der Waals surface area contributed by atoms with Crippen LogP contribution in [0.5, 0.6) is 5.75 Å². The van der Waals surface area contributed by atoms with E-state index in [1.54, 1.807) is 7.11 Å². The van der Waals surface area contributed by atoms with E-state index in [2.05, 4.69) is 44.3 Å². The molecule has 3 heteroatoms. The number of halogens is 1. The summed E-state index contributed by atoms with van der Waals surface area (Å²) in [4.78, 5) is 0. The number of aryl methyl sites for hydroxylation is 1. The summed E-state index contributed by atoms with van der Waals surface area (Å²) < 4.78 is 5.45. The summed E-state index contributed by atoms with van der Waals surface area (Å²) in [5.41, 5.74) is 4.46. The highest BCUT2D eigenvalue weighted by molar-refractivity contribution is 6.31. The number of hydrogen-bond acceptors (Lipinski definition) is 2. The summed E-state index contributed by atoms with van der Waals surface area (Å²) >= 11 is 6.42. The third-order valence-electron chi connectivity index (χ3n) is 3.42. The van der Waals surface area contributed by atoms with Crippen molar-refractivity contribution in [1.82, 2.24) is 5.32 Å². The molecule has 0 atom stereocenters. The van der Waals surface area contributed by atoms with Crippen LogP contribution < -0.4 is 10.1 Å². The van der Waals surface area contributed by atoms with Crippen LogP contribution in [0, 0.1) is 6.92 Å². The maximum Gasteiger partial charge on any atom is 0.126 e. The third-order valence-corrected chi connectivity index (χ3v) is 3.77. The fraction of sp³-hybridized carbons (Fsp3) is 0.333. The zero-order chi connectivity index (χ0) is 15.4. The Morgan fingerprint density at radius 2 is 1.90 bits per heavy atom. The quantitative estimate of drug-likeness (QED) is 0.855. The predicted octanol–water partition coefficient (Wildman–Crippen LogP) is 4.82. The van der Waals surface area contributed by atoms with Gasteiger partial charge in [-0.15, -0.1) is 0 Å². The van der Waals surface area contributed by atoms with Crippen LogP contribution in [0.4, 0.5) is 0 Å². The van der Waals surface area contributed by atoms with Crippen molar-refractivity contribution in [3.8, 4) is 16.9 Å². The molecule has 2 aromatic carbocycles. The number of rotatable bonds is 5. The minimum atomic E-state index is 0.442. The first-order chi connectivity index (χ1) is 10.0. The van der Waals surface area contributed by atoms with E-state index in [4.69, 9.17) is 16.3 Å². The average Bonchev–Trinajstić information content (AvgIpc) is 2.45. The molecule has 0 saturated carbocycles. The molecule has 0 aliphatic carbocycles. The highest BCUT2D eigenvalue weighted by Crippen LogP contribution is 2.33.